The minimum absolute atomic E-state index is 0.0128. The van der Waals surface area contributed by atoms with Crippen LogP contribution in [0.1, 0.15) is 28.8 Å². The third-order valence-corrected chi connectivity index (χ3v) is 6.24. The molecule has 0 aliphatic carbocycles. The minimum atomic E-state index is -0.0128. The molecule has 2 aromatic carbocycles. The van der Waals surface area contributed by atoms with Crippen LogP contribution < -0.4 is 5.32 Å². The summed E-state index contributed by atoms with van der Waals surface area (Å²) in [6.07, 6.45) is 4.68. The van der Waals surface area contributed by atoms with Crippen LogP contribution in [0.4, 0.5) is 5.69 Å². The van der Waals surface area contributed by atoms with Crippen molar-refractivity contribution in [2.45, 2.75) is 25.9 Å². The van der Waals surface area contributed by atoms with Crippen molar-refractivity contribution in [1.82, 2.24) is 9.88 Å². The van der Waals surface area contributed by atoms with Crippen LogP contribution in [0.2, 0.25) is 0 Å². The number of aliphatic imine (C=N–C) groups is 1. The van der Waals surface area contributed by atoms with E-state index in [1.807, 2.05) is 60.7 Å². The standard InChI is InChI=1S/C23H21N3O2S2/c27-21(25-14-16-7-2-1-3-8-16)11-6-12-26-22(28)20(30-23(26)29)13-17-15-24-19-10-5-4-9-18(17)19/h1-5,7-10,13,15,28H,6,11-12,14H2,(H,25,27)/b17-13+. The fourth-order valence-electron chi connectivity index (χ4n) is 3.28. The number of fused-ring (bicyclic) bond motifs is 1. The van der Waals surface area contributed by atoms with Crippen LogP contribution in [0, 0.1) is 3.95 Å². The number of amides is 1. The van der Waals surface area contributed by atoms with E-state index in [0.29, 0.717) is 34.8 Å². The number of aromatic nitrogens is 1. The monoisotopic (exact) mass is 435 g/mol. The van der Waals surface area contributed by atoms with Crippen molar-refractivity contribution in [1.29, 1.82) is 0 Å². The summed E-state index contributed by atoms with van der Waals surface area (Å²) in [5, 5.41) is 13.6. The van der Waals surface area contributed by atoms with Crippen LogP contribution in [-0.4, -0.2) is 21.8 Å². The molecular weight excluding hydrogens is 414 g/mol. The van der Waals surface area contributed by atoms with Gasteiger partial charge in [0.1, 0.15) is 0 Å². The average Bonchev–Trinajstić information content (AvgIpc) is 3.29. The Morgan fingerprint density at radius 3 is 2.77 bits per heavy atom. The largest absolute Gasteiger partial charge is 0.493 e. The molecule has 3 aromatic rings. The second-order valence-corrected chi connectivity index (χ2v) is 8.62. The van der Waals surface area contributed by atoms with Gasteiger partial charge in [-0.05, 0) is 36.3 Å². The second kappa shape index (κ2) is 9.19. The zero-order chi connectivity index (χ0) is 20.9. The number of hydrogen-bond acceptors (Lipinski definition) is 5. The van der Waals surface area contributed by atoms with Gasteiger partial charge in [0.05, 0.1) is 10.6 Å². The van der Waals surface area contributed by atoms with Crippen LogP contribution in [-0.2, 0) is 17.9 Å². The number of thiazole rings is 1. The van der Waals surface area contributed by atoms with E-state index in [0.717, 1.165) is 22.4 Å². The summed E-state index contributed by atoms with van der Waals surface area (Å²) in [5.41, 5.74) is 3.98. The molecule has 0 fully saturated rings. The van der Waals surface area contributed by atoms with Crippen molar-refractivity contribution >= 4 is 53.0 Å². The zero-order valence-electron chi connectivity index (χ0n) is 16.2. The molecule has 1 amide bonds. The molecule has 1 aliphatic rings. The summed E-state index contributed by atoms with van der Waals surface area (Å²) < 4.78 is 2.28. The maximum Gasteiger partial charge on any atom is 0.220 e. The summed E-state index contributed by atoms with van der Waals surface area (Å²) in [7, 11) is 0. The number of nitrogens with one attached hydrogen (secondary N) is 1. The molecule has 152 valence electrons. The molecule has 5 nitrogen and oxygen atoms in total. The molecule has 1 aliphatic heterocycles. The molecule has 1 aromatic heterocycles. The van der Waals surface area contributed by atoms with Gasteiger partial charge in [0.15, 0.2) is 3.95 Å². The molecular formula is C23H21N3O2S2. The number of benzene rings is 2. The molecule has 0 bridgehead atoms. The van der Waals surface area contributed by atoms with Gasteiger partial charge in [-0.15, -0.1) is 11.3 Å². The molecule has 0 unspecified atom stereocenters. The Morgan fingerprint density at radius 2 is 1.93 bits per heavy atom. The highest BCUT2D eigenvalue weighted by Gasteiger charge is 2.15. The number of carbonyl (C=O) groups excluding carboxylic acids is 1. The van der Waals surface area contributed by atoms with Gasteiger partial charge < -0.3 is 10.4 Å². The van der Waals surface area contributed by atoms with Crippen LogP contribution in [0.25, 0.3) is 11.6 Å². The van der Waals surface area contributed by atoms with E-state index in [-0.39, 0.29) is 11.8 Å². The lowest BCUT2D eigenvalue weighted by Gasteiger charge is -2.07. The quantitative estimate of drug-likeness (QED) is 0.493. The van der Waals surface area contributed by atoms with E-state index >= 15 is 0 Å². The minimum Gasteiger partial charge on any atom is -0.493 e. The lowest BCUT2D eigenvalue weighted by Crippen LogP contribution is -2.22. The van der Waals surface area contributed by atoms with Gasteiger partial charge in [-0.2, -0.15) is 0 Å². The number of allylic oxidation sites excluding steroid dienone is 1. The summed E-state index contributed by atoms with van der Waals surface area (Å²) in [5.74, 6) is 0.126. The van der Waals surface area contributed by atoms with E-state index in [4.69, 9.17) is 12.2 Å². The number of nitrogens with zero attached hydrogens (tertiary/aromatic N) is 2. The van der Waals surface area contributed by atoms with Gasteiger partial charge in [0, 0.05) is 36.9 Å². The van der Waals surface area contributed by atoms with Gasteiger partial charge >= 0.3 is 0 Å². The molecule has 2 heterocycles. The van der Waals surface area contributed by atoms with Crippen molar-refractivity contribution < 1.29 is 9.90 Å². The van der Waals surface area contributed by atoms with Crippen LogP contribution in [0.15, 0.2) is 59.6 Å². The molecule has 7 heteroatoms. The lowest BCUT2D eigenvalue weighted by atomic mass is 10.1. The second-order valence-electron chi connectivity index (χ2n) is 6.95. The SMILES string of the molecule is O=C(CCCn1c(O)c(/C=C2\C=Nc3ccccc32)sc1=S)NCc1ccccc1. The predicted molar refractivity (Wildman–Crippen MR) is 125 cm³/mol. The number of hydrogen-bond donors (Lipinski definition) is 2. The van der Waals surface area contributed by atoms with Gasteiger partial charge in [0.25, 0.3) is 0 Å². The Hall–Kier alpha value is -3.03. The Morgan fingerprint density at radius 1 is 1.17 bits per heavy atom. The number of para-hydroxylation sites is 1. The molecule has 0 spiro atoms. The number of aromatic hydroxyl groups is 1. The summed E-state index contributed by atoms with van der Waals surface area (Å²) in [4.78, 5) is 17.2. The van der Waals surface area contributed by atoms with E-state index in [1.54, 1.807) is 10.8 Å². The fourth-order valence-corrected chi connectivity index (χ4v) is 4.59. The Balaban J connectivity index is 1.36. The third-order valence-electron chi connectivity index (χ3n) is 4.86. The van der Waals surface area contributed by atoms with Gasteiger partial charge in [-0.1, -0.05) is 48.5 Å². The van der Waals surface area contributed by atoms with Crippen molar-refractivity contribution in [3.63, 3.8) is 0 Å². The molecule has 2 N–H and O–H groups in total. The first-order valence-corrected chi connectivity index (χ1v) is 10.9. The molecule has 0 radical (unpaired) electrons. The van der Waals surface area contributed by atoms with Crippen molar-refractivity contribution in [3.05, 3.63) is 74.6 Å². The van der Waals surface area contributed by atoms with Gasteiger partial charge in [-0.25, -0.2) is 0 Å². The van der Waals surface area contributed by atoms with Gasteiger partial charge in [0.2, 0.25) is 11.8 Å². The number of rotatable bonds is 7. The van der Waals surface area contributed by atoms with Crippen molar-refractivity contribution in [2.75, 3.05) is 0 Å². The third kappa shape index (κ3) is 4.58. The predicted octanol–water partition coefficient (Wildman–Crippen LogP) is 5.34. The Kier molecular flexibility index (Phi) is 6.21. The fraction of sp³-hybridized carbons (Fsp3) is 0.174. The Bertz CT molecular complexity index is 1180. The van der Waals surface area contributed by atoms with Crippen LogP contribution >= 0.6 is 23.6 Å². The van der Waals surface area contributed by atoms with Crippen molar-refractivity contribution in [2.24, 2.45) is 4.99 Å². The van der Waals surface area contributed by atoms with Crippen LogP contribution in [0.5, 0.6) is 5.88 Å². The van der Waals surface area contributed by atoms with Gasteiger partial charge in [-0.3, -0.25) is 14.4 Å². The van der Waals surface area contributed by atoms with Crippen LogP contribution in [0.3, 0.4) is 0 Å². The molecule has 0 atom stereocenters. The maximum atomic E-state index is 12.1. The maximum absolute atomic E-state index is 12.1. The highest BCUT2D eigenvalue weighted by molar-refractivity contribution is 7.73. The first kappa shape index (κ1) is 20.3. The summed E-state index contributed by atoms with van der Waals surface area (Å²) in [6, 6.07) is 17.7. The topological polar surface area (TPSA) is 66.6 Å². The van der Waals surface area contributed by atoms with Crippen molar-refractivity contribution in [3.8, 4) is 5.88 Å². The summed E-state index contributed by atoms with van der Waals surface area (Å²) >= 11 is 6.79. The smallest absolute Gasteiger partial charge is 0.220 e. The lowest BCUT2D eigenvalue weighted by molar-refractivity contribution is -0.121. The van der Waals surface area contributed by atoms with E-state index in [2.05, 4.69) is 10.3 Å². The molecule has 4 rings (SSSR count). The highest BCUT2D eigenvalue weighted by atomic mass is 32.1. The number of carbonyl (C=O) groups is 1. The molecule has 30 heavy (non-hydrogen) atoms. The molecule has 0 saturated carbocycles. The van der Waals surface area contributed by atoms with E-state index in [1.165, 1.54) is 11.3 Å². The Labute approximate surface area is 184 Å². The van der Waals surface area contributed by atoms with E-state index in [9.17, 15) is 9.90 Å². The first-order chi connectivity index (χ1) is 14.6. The highest BCUT2D eigenvalue weighted by Crippen LogP contribution is 2.35. The zero-order valence-corrected chi connectivity index (χ0v) is 17.9. The first-order valence-electron chi connectivity index (χ1n) is 9.70. The summed E-state index contributed by atoms with van der Waals surface area (Å²) in [6.45, 7) is 1.01. The molecule has 0 saturated heterocycles. The normalized spacial score (nSPS) is 13.5. The van der Waals surface area contributed by atoms with E-state index < -0.39 is 0 Å². The average molecular weight is 436 g/mol.